The van der Waals surface area contributed by atoms with Crippen LogP contribution in [0.5, 0.6) is 0 Å². The molecule has 35 heavy (non-hydrogen) atoms. The summed E-state index contributed by atoms with van der Waals surface area (Å²) in [6, 6.07) is 20.0. The van der Waals surface area contributed by atoms with Crippen molar-refractivity contribution in [1.29, 1.82) is 0 Å². The van der Waals surface area contributed by atoms with Gasteiger partial charge in [0, 0.05) is 42.8 Å². The molecule has 1 aliphatic rings. The van der Waals surface area contributed by atoms with Gasteiger partial charge in [0.25, 0.3) is 5.91 Å². The fourth-order valence-electron chi connectivity index (χ4n) is 4.84. The largest absolute Gasteiger partial charge is 0.368 e. The molecule has 1 saturated heterocycles. The Bertz CT molecular complexity index is 1440. The molecule has 1 fully saturated rings. The van der Waals surface area contributed by atoms with E-state index in [-0.39, 0.29) is 5.91 Å². The van der Waals surface area contributed by atoms with E-state index in [1.54, 1.807) is 0 Å². The first kappa shape index (κ1) is 23.7. The fourth-order valence-corrected chi connectivity index (χ4v) is 5.14. The predicted molar refractivity (Wildman–Crippen MR) is 146 cm³/mol. The van der Waals surface area contributed by atoms with Gasteiger partial charge in [0.15, 0.2) is 0 Å². The first-order valence-corrected chi connectivity index (χ1v) is 12.6. The van der Waals surface area contributed by atoms with E-state index >= 15 is 0 Å². The molecular formula is C29H27Cl2N3O. The van der Waals surface area contributed by atoms with E-state index < -0.39 is 0 Å². The second-order valence-electron chi connectivity index (χ2n) is 9.17. The van der Waals surface area contributed by atoms with E-state index in [0.717, 1.165) is 57.6 Å². The summed E-state index contributed by atoms with van der Waals surface area (Å²) in [5, 5.41) is 1.99. The minimum atomic E-state index is 0.0569. The number of aryl methyl sites for hydroxylation is 2. The van der Waals surface area contributed by atoms with E-state index in [4.69, 9.17) is 28.2 Å². The molecule has 0 bridgehead atoms. The molecule has 2 heterocycles. The Labute approximate surface area is 216 Å². The summed E-state index contributed by atoms with van der Waals surface area (Å²) in [7, 11) is 0. The number of carbonyl (C=O) groups is 1. The van der Waals surface area contributed by atoms with E-state index in [9.17, 15) is 4.79 Å². The third-order valence-corrected chi connectivity index (χ3v) is 7.57. The van der Waals surface area contributed by atoms with Crippen molar-refractivity contribution in [2.45, 2.75) is 20.8 Å². The molecule has 0 unspecified atom stereocenters. The van der Waals surface area contributed by atoms with Gasteiger partial charge in [-0.2, -0.15) is 0 Å². The average molecular weight is 504 g/mol. The highest BCUT2D eigenvalue weighted by molar-refractivity contribution is 6.42. The van der Waals surface area contributed by atoms with Gasteiger partial charge in [0.1, 0.15) is 0 Å². The Balaban J connectivity index is 1.50. The number of benzene rings is 3. The molecule has 3 aromatic carbocycles. The molecule has 1 amide bonds. The molecule has 0 aliphatic carbocycles. The number of nitrogens with zero attached hydrogens (tertiary/aromatic N) is 3. The van der Waals surface area contributed by atoms with Gasteiger partial charge in [0.2, 0.25) is 0 Å². The molecule has 5 rings (SSSR count). The van der Waals surface area contributed by atoms with Gasteiger partial charge in [-0.1, -0.05) is 59.1 Å². The lowest BCUT2D eigenvalue weighted by atomic mass is 9.94. The minimum Gasteiger partial charge on any atom is -0.368 e. The van der Waals surface area contributed by atoms with Crippen molar-refractivity contribution in [2.75, 3.05) is 31.1 Å². The van der Waals surface area contributed by atoms with E-state index in [1.807, 2.05) is 54.3 Å². The molecule has 0 radical (unpaired) electrons. The number of amides is 1. The van der Waals surface area contributed by atoms with Crippen molar-refractivity contribution in [1.82, 2.24) is 9.88 Å². The van der Waals surface area contributed by atoms with E-state index in [0.29, 0.717) is 23.1 Å². The highest BCUT2D eigenvalue weighted by atomic mass is 35.5. The normalized spacial score (nSPS) is 14.0. The van der Waals surface area contributed by atoms with Crippen LogP contribution in [0.4, 0.5) is 5.69 Å². The number of rotatable bonds is 3. The molecule has 0 N–H and O–H groups in total. The van der Waals surface area contributed by atoms with Crippen LogP contribution in [0, 0.1) is 20.8 Å². The highest BCUT2D eigenvalue weighted by Gasteiger charge is 2.27. The van der Waals surface area contributed by atoms with Gasteiger partial charge < -0.3 is 9.80 Å². The van der Waals surface area contributed by atoms with Crippen molar-refractivity contribution in [3.63, 3.8) is 0 Å². The smallest absolute Gasteiger partial charge is 0.255 e. The van der Waals surface area contributed by atoms with Crippen LogP contribution in [0.3, 0.4) is 0 Å². The number of pyridine rings is 1. The number of halogens is 2. The Morgan fingerprint density at radius 1 is 0.857 bits per heavy atom. The van der Waals surface area contributed by atoms with Crippen molar-refractivity contribution in [3.05, 3.63) is 93.0 Å². The quantitative estimate of drug-likeness (QED) is 0.299. The number of hydrogen-bond donors (Lipinski definition) is 0. The van der Waals surface area contributed by atoms with Gasteiger partial charge in [-0.05, 0) is 62.2 Å². The highest BCUT2D eigenvalue weighted by Crippen LogP contribution is 2.33. The second kappa shape index (κ2) is 9.52. The van der Waals surface area contributed by atoms with Crippen molar-refractivity contribution in [2.24, 2.45) is 0 Å². The number of para-hydroxylation sites is 1. The van der Waals surface area contributed by atoms with Crippen molar-refractivity contribution >= 4 is 45.7 Å². The molecule has 0 atom stereocenters. The van der Waals surface area contributed by atoms with Crippen LogP contribution in [0.25, 0.3) is 22.2 Å². The number of fused-ring (bicyclic) bond motifs is 1. The summed E-state index contributed by atoms with van der Waals surface area (Å²) in [5.74, 6) is 0.0569. The molecular weight excluding hydrogens is 477 g/mol. The summed E-state index contributed by atoms with van der Waals surface area (Å²) in [6.45, 7) is 8.93. The van der Waals surface area contributed by atoms with Crippen LogP contribution in [0.2, 0.25) is 10.0 Å². The van der Waals surface area contributed by atoms with Crippen LogP contribution in [0.15, 0.2) is 60.7 Å². The average Bonchev–Trinajstić information content (AvgIpc) is 2.86. The van der Waals surface area contributed by atoms with Crippen LogP contribution in [-0.2, 0) is 0 Å². The lowest BCUT2D eigenvalue weighted by Gasteiger charge is -2.36. The zero-order valence-corrected chi connectivity index (χ0v) is 21.6. The standard InChI is InChI=1S/C29H27Cl2N3O/c1-18-8-9-19(2)23(16-18)28-20(3)27(22-6-4-5-7-26(22)32-28)29(35)34-14-12-33(13-15-34)21-10-11-24(30)25(31)17-21/h4-11,16-17H,12-15H2,1-3H3. The maximum atomic E-state index is 14.0. The molecule has 1 aromatic heterocycles. The van der Waals surface area contributed by atoms with Gasteiger partial charge in [0.05, 0.1) is 26.8 Å². The molecule has 0 spiro atoms. The Hall–Kier alpha value is -3.08. The summed E-state index contributed by atoms with van der Waals surface area (Å²) in [4.78, 5) is 23.1. The monoisotopic (exact) mass is 503 g/mol. The van der Waals surface area contributed by atoms with E-state index in [1.165, 1.54) is 5.56 Å². The molecule has 178 valence electrons. The topological polar surface area (TPSA) is 36.4 Å². The summed E-state index contributed by atoms with van der Waals surface area (Å²) >= 11 is 12.3. The van der Waals surface area contributed by atoms with Crippen LogP contribution >= 0.6 is 23.2 Å². The van der Waals surface area contributed by atoms with Crippen molar-refractivity contribution < 1.29 is 4.79 Å². The number of aromatic nitrogens is 1. The lowest BCUT2D eigenvalue weighted by Crippen LogP contribution is -2.49. The van der Waals surface area contributed by atoms with Crippen LogP contribution in [-0.4, -0.2) is 42.0 Å². The first-order valence-electron chi connectivity index (χ1n) is 11.8. The zero-order valence-electron chi connectivity index (χ0n) is 20.1. The Morgan fingerprint density at radius 2 is 1.60 bits per heavy atom. The Kier molecular flexibility index (Phi) is 6.43. The summed E-state index contributed by atoms with van der Waals surface area (Å²) < 4.78 is 0. The molecule has 4 aromatic rings. The fraction of sp³-hybridized carbons (Fsp3) is 0.241. The number of carbonyl (C=O) groups excluding carboxylic acids is 1. The van der Waals surface area contributed by atoms with E-state index in [2.05, 4.69) is 36.9 Å². The SMILES string of the molecule is Cc1ccc(C)c(-c2nc3ccccc3c(C(=O)N3CCN(c4ccc(Cl)c(Cl)c4)CC3)c2C)c1. The van der Waals surface area contributed by atoms with Gasteiger partial charge in [-0.3, -0.25) is 4.79 Å². The summed E-state index contributed by atoms with van der Waals surface area (Å²) in [5.41, 5.74) is 7.81. The zero-order chi connectivity index (χ0) is 24.7. The second-order valence-corrected chi connectivity index (χ2v) is 9.99. The maximum Gasteiger partial charge on any atom is 0.255 e. The minimum absolute atomic E-state index is 0.0569. The first-order chi connectivity index (χ1) is 16.8. The number of anilines is 1. The predicted octanol–water partition coefficient (Wildman–Crippen LogP) is 7.10. The maximum absolute atomic E-state index is 14.0. The van der Waals surface area contributed by atoms with Gasteiger partial charge >= 0.3 is 0 Å². The third-order valence-electron chi connectivity index (χ3n) is 6.83. The van der Waals surface area contributed by atoms with Crippen LogP contribution in [0.1, 0.15) is 27.0 Å². The molecule has 1 aliphatic heterocycles. The van der Waals surface area contributed by atoms with Crippen molar-refractivity contribution in [3.8, 4) is 11.3 Å². The molecule has 4 nitrogen and oxygen atoms in total. The van der Waals surface area contributed by atoms with Crippen LogP contribution < -0.4 is 4.90 Å². The summed E-state index contributed by atoms with van der Waals surface area (Å²) in [6.07, 6.45) is 0. The Morgan fingerprint density at radius 3 is 2.34 bits per heavy atom. The van der Waals surface area contributed by atoms with Gasteiger partial charge in [-0.15, -0.1) is 0 Å². The number of piperazine rings is 1. The lowest BCUT2D eigenvalue weighted by molar-refractivity contribution is 0.0748. The van der Waals surface area contributed by atoms with Gasteiger partial charge in [-0.25, -0.2) is 4.98 Å². The number of hydrogen-bond acceptors (Lipinski definition) is 3. The molecule has 0 saturated carbocycles. The molecule has 6 heteroatoms. The third kappa shape index (κ3) is 4.49.